The molecule has 1 amide bonds. The van der Waals surface area contributed by atoms with Crippen molar-refractivity contribution in [1.82, 2.24) is 25.5 Å². The molecule has 178 valence electrons. The van der Waals surface area contributed by atoms with Gasteiger partial charge in [-0.25, -0.2) is 9.48 Å². The van der Waals surface area contributed by atoms with Gasteiger partial charge in [-0.3, -0.25) is 4.79 Å². The summed E-state index contributed by atoms with van der Waals surface area (Å²) in [5, 5.41) is 14.9. The third kappa shape index (κ3) is 6.17. The van der Waals surface area contributed by atoms with E-state index in [2.05, 4.69) is 20.8 Å². The van der Waals surface area contributed by atoms with Gasteiger partial charge in [-0.05, 0) is 33.5 Å². The average molecular weight is 470 g/mol. The van der Waals surface area contributed by atoms with E-state index in [9.17, 15) is 9.59 Å². The Hall–Kier alpha value is -4.33. The number of ether oxygens (including phenoxy) is 1. The zero-order valence-electron chi connectivity index (χ0n) is 19.4. The molecule has 0 spiro atoms. The standard InChI is InChI=1S/C27H27N5O3/c1-2-23(28-27(34)35-19-20-12-6-3-7-13-20)24(33)18-32-26(29-30-31-32)25(21-14-8-4-9-15-21)22-16-10-5-11-17-22/h3-17,23,25H,2,18-19H2,1H3,(H,28,34). The van der Waals surface area contributed by atoms with Crippen molar-refractivity contribution in [3.05, 3.63) is 114 Å². The van der Waals surface area contributed by atoms with Crippen molar-refractivity contribution in [1.29, 1.82) is 0 Å². The largest absolute Gasteiger partial charge is 0.445 e. The molecule has 35 heavy (non-hydrogen) atoms. The number of rotatable bonds is 10. The molecule has 0 aliphatic rings. The SMILES string of the molecule is CCC(NC(=O)OCc1ccccc1)C(=O)Cn1nnnc1C(c1ccccc1)c1ccccc1. The second kappa shape index (κ2) is 11.7. The molecule has 0 saturated heterocycles. The molecule has 1 atom stereocenters. The van der Waals surface area contributed by atoms with Gasteiger partial charge < -0.3 is 10.1 Å². The number of benzene rings is 3. The molecule has 3 aromatic carbocycles. The fourth-order valence-corrected chi connectivity index (χ4v) is 3.89. The smallest absolute Gasteiger partial charge is 0.408 e. The lowest BCUT2D eigenvalue weighted by Gasteiger charge is -2.19. The third-order valence-electron chi connectivity index (χ3n) is 5.69. The van der Waals surface area contributed by atoms with E-state index < -0.39 is 12.1 Å². The molecule has 1 aromatic heterocycles. The van der Waals surface area contributed by atoms with Gasteiger partial charge in [0, 0.05) is 0 Å². The third-order valence-corrected chi connectivity index (χ3v) is 5.69. The fraction of sp³-hybridized carbons (Fsp3) is 0.222. The number of carbonyl (C=O) groups is 2. The molecule has 4 rings (SSSR count). The highest BCUT2D eigenvalue weighted by atomic mass is 16.5. The predicted molar refractivity (Wildman–Crippen MR) is 130 cm³/mol. The Labute approximate surface area is 203 Å². The lowest BCUT2D eigenvalue weighted by Crippen LogP contribution is -2.42. The second-order valence-corrected chi connectivity index (χ2v) is 8.08. The highest BCUT2D eigenvalue weighted by molar-refractivity contribution is 5.87. The van der Waals surface area contributed by atoms with E-state index in [1.54, 1.807) is 0 Å². The number of carbonyl (C=O) groups excluding carboxylic acids is 2. The summed E-state index contributed by atoms with van der Waals surface area (Å²) in [4.78, 5) is 25.4. The number of Topliss-reactive ketones (excluding diaryl/α,β-unsaturated/α-hetero) is 1. The van der Waals surface area contributed by atoms with Crippen LogP contribution in [0.1, 0.15) is 41.8 Å². The minimum absolute atomic E-state index is 0.0734. The number of tetrazole rings is 1. The lowest BCUT2D eigenvalue weighted by molar-refractivity contribution is -0.121. The zero-order valence-corrected chi connectivity index (χ0v) is 19.4. The Morgan fingerprint density at radius 1 is 0.886 bits per heavy atom. The van der Waals surface area contributed by atoms with Crippen LogP contribution >= 0.6 is 0 Å². The summed E-state index contributed by atoms with van der Waals surface area (Å²) in [6.45, 7) is 1.89. The Bertz CT molecular complexity index is 1190. The summed E-state index contributed by atoms with van der Waals surface area (Å²) in [5.74, 6) is 0.0962. The number of hydrogen-bond acceptors (Lipinski definition) is 6. The van der Waals surface area contributed by atoms with Crippen LogP contribution < -0.4 is 5.32 Å². The Morgan fingerprint density at radius 2 is 1.46 bits per heavy atom. The summed E-state index contributed by atoms with van der Waals surface area (Å²) < 4.78 is 6.78. The van der Waals surface area contributed by atoms with Crippen molar-refractivity contribution in [2.45, 2.75) is 38.5 Å². The fourth-order valence-electron chi connectivity index (χ4n) is 3.89. The molecule has 1 unspecified atom stereocenters. The van der Waals surface area contributed by atoms with Gasteiger partial charge >= 0.3 is 6.09 Å². The van der Waals surface area contributed by atoms with Gasteiger partial charge in [0.25, 0.3) is 0 Å². The molecular weight excluding hydrogens is 442 g/mol. The Kier molecular flexibility index (Phi) is 7.96. The van der Waals surface area contributed by atoms with Crippen LogP contribution in [0.3, 0.4) is 0 Å². The van der Waals surface area contributed by atoms with Gasteiger partial charge in [-0.2, -0.15) is 0 Å². The molecule has 8 nitrogen and oxygen atoms in total. The van der Waals surface area contributed by atoms with Crippen molar-refractivity contribution in [3.8, 4) is 0 Å². The van der Waals surface area contributed by atoms with Gasteiger partial charge in [0.2, 0.25) is 0 Å². The molecule has 4 aromatic rings. The van der Waals surface area contributed by atoms with Crippen LogP contribution in [0.4, 0.5) is 4.79 Å². The Balaban J connectivity index is 1.48. The Morgan fingerprint density at radius 3 is 2.03 bits per heavy atom. The van der Waals surface area contributed by atoms with Gasteiger partial charge in [-0.15, -0.1) is 5.10 Å². The number of hydrogen-bond donors (Lipinski definition) is 1. The number of aromatic nitrogens is 4. The van der Waals surface area contributed by atoms with Gasteiger partial charge in [-0.1, -0.05) is 97.9 Å². The average Bonchev–Trinajstić information content (AvgIpc) is 3.35. The van der Waals surface area contributed by atoms with E-state index in [-0.39, 0.29) is 24.9 Å². The number of amides is 1. The molecule has 1 N–H and O–H groups in total. The van der Waals surface area contributed by atoms with Gasteiger partial charge in [0.15, 0.2) is 11.6 Å². The minimum atomic E-state index is -0.720. The van der Waals surface area contributed by atoms with E-state index in [4.69, 9.17) is 4.74 Å². The van der Waals surface area contributed by atoms with Crippen molar-refractivity contribution in [2.75, 3.05) is 0 Å². The summed E-state index contributed by atoms with van der Waals surface area (Å²) >= 11 is 0. The first-order chi connectivity index (χ1) is 17.2. The van der Waals surface area contributed by atoms with E-state index >= 15 is 0 Å². The van der Waals surface area contributed by atoms with Crippen LogP contribution in [0.5, 0.6) is 0 Å². The maximum atomic E-state index is 13.1. The quantitative estimate of drug-likeness (QED) is 0.375. The highest BCUT2D eigenvalue weighted by Crippen LogP contribution is 2.30. The molecule has 0 aliphatic heterocycles. The molecule has 0 saturated carbocycles. The number of nitrogens with one attached hydrogen (secondary N) is 1. The molecule has 0 radical (unpaired) electrons. The van der Waals surface area contributed by atoms with Crippen molar-refractivity contribution < 1.29 is 14.3 Å². The molecule has 0 bridgehead atoms. The van der Waals surface area contributed by atoms with Crippen LogP contribution in [-0.2, 0) is 22.7 Å². The molecule has 1 heterocycles. The van der Waals surface area contributed by atoms with Crippen LogP contribution in [0.15, 0.2) is 91.0 Å². The number of nitrogens with zero attached hydrogens (tertiary/aromatic N) is 4. The second-order valence-electron chi connectivity index (χ2n) is 8.08. The maximum Gasteiger partial charge on any atom is 0.408 e. The molecule has 8 heteroatoms. The minimum Gasteiger partial charge on any atom is -0.445 e. The normalized spacial score (nSPS) is 11.7. The first kappa shape index (κ1) is 23.8. The van der Waals surface area contributed by atoms with E-state index in [0.717, 1.165) is 16.7 Å². The lowest BCUT2D eigenvalue weighted by atomic mass is 9.90. The van der Waals surface area contributed by atoms with Crippen LogP contribution in [0.25, 0.3) is 0 Å². The first-order valence-electron chi connectivity index (χ1n) is 11.5. The zero-order chi connectivity index (χ0) is 24.5. The van der Waals surface area contributed by atoms with E-state index in [1.807, 2.05) is 97.9 Å². The van der Waals surface area contributed by atoms with Crippen LogP contribution in [0.2, 0.25) is 0 Å². The topological polar surface area (TPSA) is 99.0 Å². The molecular formula is C27H27N5O3. The summed E-state index contributed by atoms with van der Waals surface area (Å²) in [6.07, 6.45) is -0.227. The van der Waals surface area contributed by atoms with Gasteiger partial charge in [0.1, 0.15) is 13.2 Å². The predicted octanol–water partition coefficient (Wildman–Crippen LogP) is 4.13. The monoisotopic (exact) mass is 469 g/mol. The maximum absolute atomic E-state index is 13.1. The molecule has 0 fully saturated rings. The number of ketones is 1. The van der Waals surface area contributed by atoms with Gasteiger partial charge in [0.05, 0.1) is 12.0 Å². The van der Waals surface area contributed by atoms with Crippen LogP contribution in [-0.4, -0.2) is 38.1 Å². The van der Waals surface area contributed by atoms with Crippen molar-refractivity contribution in [2.24, 2.45) is 0 Å². The van der Waals surface area contributed by atoms with E-state index in [0.29, 0.717) is 12.2 Å². The van der Waals surface area contributed by atoms with Crippen molar-refractivity contribution >= 4 is 11.9 Å². The highest BCUT2D eigenvalue weighted by Gasteiger charge is 2.26. The summed E-state index contributed by atoms with van der Waals surface area (Å²) in [7, 11) is 0. The number of alkyl carbamates (subject to hydrolysis) is 1. The van der Waals surface area contributed by atoms with Crippen molar-refractivity contribution in [3.63, 3.8) is 0 Å². The summed E-state index contributed by atoms with van der Waals surface area (Å²) in [5.41, 5.74) is 2.89. The van der Waals surface area contributed by atoms with Crippen LogP contribution in [0, 0.1) is 0 Å². The molecule has 0 aliphatic carbocycles. The summed E-state index contributed by atoms with van der Waals surface area (Å²) in [6, 6.07) is 28.4. The van der Waals surface area contributed by atoms with E-state index in [1.165, 1.54) is 4.68 Å². The first-order valence-corrected chi connectivity index (χ1v) is 11.5.